The summed E-state index contributed by atoms with van der Waals surface area (Å²) in [4.78, 5) is 18.4. The van der Waals surface area contributed by atoms with Crippen molar-refractivity contribution in [2.45, 2.75) is 19.9 Å². The summed E-state index contributed by atoms with van der Waals surface area (Å²) in [6, 6.07) is 1.38. The number of hydrogen-bond acceptors (Lipinski definition) is 5. The van der Waals surface area contributed by atoms with Crippen LogP contribution in [0.2, 0.25) is 0 Å². The number of carboxylic acid groups (broad SMARTS) is 1. The highest BCUT2D eigenvalue weighted by atomic mass is 16.5. The predicted molar refractivity (Wildman–Crippen MR) is 58.6 cm³/mol. The first-order valence-corrected chi connectivity index (χ1v) is 5.04. The summed E-state index contributed by atoms with van der Waals surface area (Å²) in [5.74, 6) is -0.769. The molecule has 6 nitrogen and oxygen atoms in total. The van der Waals surface area contributed by atoms with E-state index in [1.165, 1.54) is 12.3 Å². The molecule has 0 saturated carbocycles. The zero-order valence-electron chi connectivity index (χ0n) is 9.30. The molecule has 6 heteroatoms. The van der Waals surface area contributed by atoms with E-state index >= 15 is 0 Å². The van der Waals surface area contributed by atoms with Gasteiger partial charge in [0.2, 0.25) is 5.95 Å². The summed E-state index contributed by atoms with van der Waals surface area (Å²) < 4.78 is 5.21. The van der Waals surface area contributed by atoms with Crippen LogP contribution in [0.15, 0.2) is 12.3 Å². The monoisotopic (exact) mass is 225 g/mol. The van der Waals surface area contributed by atoms with Gasteiger partial charge in [-0.15, -0.1) is 0 Å². The van der Waals surface area contributed by atoms with Gasteiger partial charge in [-0.25, -0.2) is 14.8 Å². The van der Waals surface area contributed by atoms with Gasteiger partial charge in [0.15, 0.2) is 5.69 Å². The molecule has 16 heavy (non-hydrogen) atoms. The Morgan fingerprint density at radius 1 is 1.69 bits per heavy atom. The Balaban J connectivity index is 2.59. The van der Waals surface area contributed by atoms with Gasteiger partial charge in [-0.05, 0) is 19.9 Å². The molecule has 1 rings (SSSR count). The number of rotatable bonds is 6. The topological polar surface area (TPSA) is 84.3 Å². The Morgan fingerprint density at radius 2 is 2.44 bits per heavy atom. The molecule has 0 aromatic carbocycles. The van der Waals surface area contributed by atoms with Crippen LogP contribution in [0.4, 0.5) is 5.95 Å². The van der Waals surface area contributed by atoms with Crippen LogP contribution < -0.4 is 5.32 Å². The number of ether oxygens (including phenoxy) is 1. The van der Waals surface area contributed by atoms with Crippen LogP contribution in [0.1, 0.15) is 24.3 Å². The molecule has 0 spiro atoms. The minimum Gasteiger partial charge on any atom is -0.477 e. The van der Waals surface area contributed by atoms with Gasteiger partial charge < -0.3 is 15.2 Å². The van der Waals surface area contributed by atoms with Gasteiger partial charge in [-0.3, -0.25) is 0 Å². The highest BCUT2D eigenvalue weighted by Gasteiger charge is 2.08. The fourth-order valence-corrected chi connectivity index (χ4v) is 1.10. The summed E-state index contributed by atoms with van der Waals surface area (Å²) in [6.45, 7) is 4.99. The van der Waals surface area contributed by atoms with Crippen LogP contribution in [-0.4, -0.2) is 40.3 Å². The van der Waals surface area contributed by atoms with E-state index in [0.29, 0.717) is 19.2 Å². The Kier molecular flexibility index (Phi) is 4.65. The number of nitrogens with zero attached hydrogens (tertiary/aromatic N) is 2. The molecule has 88 valence electrons. The second kappa shape index (κ2) is 6.02. The molecular formula is C10H15N3O3. The summed E-state index contributed by atoms with van der Waals surface area (Å²) in [5.41, 5.74) is -0.0268. The second-order valence-electron chi connectivity index (χ2n) is 3.28. The zero-order valence-corrected chi connectivity index (χ0v) is 9.30. The molecule has 0 radical (unpaired) electrons. The highest BCUT2D eigenvalue weighted by Crippen LogP contribution is 2.02. The van der Waals surface area contributed by atoms with Crippen molar-refractivity contribution >= 4 is 11.9 Å². The van der Waals surface area contributed by atoms with Crippen LogP contribution in [0.5, 0.6) is 0 Å². The number of aromatic nitrogens is 2. The molecule has 0 aliphatic carbocycles. The van der Waals surface area contributed by atoms with Crippen molar-refractivity contribution in [3.05, 3.63) is 18.0 Å². The molecule has 1 atom stereocenters. The summed E-state index contributed by atoms with van der Waals surface area (Å²) in [6.07, 6.45) is 1.41. The molecule has 1 aromatic rings. The van der Waals surface area contributed by atoms with Crippen LogP contribution in [0.3, 0.4) is 0 Å². The quantitative estimate of drug-likeness (QED) is 0.751. The number of carbonyl (C=O) groups is 1. The van der Waals surface area contributed by atoms with Gasteiger partial charge in [0, 0.05) is 18.8 Å². The van der Waals surface area contributed by atoms with Crippen LogP contribution in [0, 0.1) is 0 Å². The van der Waals surface area contributed by atoms with E-state index in [1.54, 1.807) is 0 Å². The highest BCUT2D eigenvalue weighted by molar-refractivity contribution is 5.85. The molecule has 1 heterocycles. The molecular weight excluding hydrogens is 210 g/mol. The molecule has 1 unspecified atom stereocenters. The maximum atomic E-state index is 10.7. The maximum Gasteiger partial charge on any atom is 0.354 e. The third kappa shape index (κ3) is 3.82. The maximum absolute atomic E-state index is 10.7. The van der Waals surface area contributed by atoms with E-state index in [-0.39, 0.29) is 11.7 Å². The first kappa shape index (κ1) is 12.4. The minimum atomic E-state index is -1.07. The average molecular weight is 225 g/mol. The third-order valence-electron chi connectivity index (χ3n) is 1.82. The molecule has 1 aromatic heterocycles. The standard InChI is InChI=1S/C10H15N3O3/c1-3-16-6-7(2)12-10-11-5-4-8(13-10)9(14)15/h4-5,7H,3,6H2,1-2H3,(H,14,15)(H,11,12,13). The Bertz CT molecular complexity index is 357. The van der Waals surface area contributed by atoms with Crippen molar-refractivity contribution in [2.24, 2.45) is 0 Å². The lowest BCUT2D eigenvalue weighted by molar-refractivity contribution is 0.0690. The van der Waals surface area contributed by atoms with Gasteiger partial charge >= 0.3 is 5.97 Å². The molecule has 0 bridgehead atoms. The van der Waals surface area contributed by atoms with E-state index in [0.717, 1.165) is 0 Å². The van der Waals surface area contributed by atoms with Gasteiger partial charge in [0.1, 0.15) is 0 Å². The molecule has 0 fully saturated rings. The van der Waals surface area contributed by atoms with Gasteiger partial charge in [-0.2, -0.15) is 0 Å². The second-order valence-corrected chi connectivity index (χ2v) is 3.28. The van der Waals surface area contributed by atoms with Gasteiger partial charge in [0.05, 0.1) is 6.61 Å². The van der Waals surface area contributed by atoms with Crippen LogP contribution in [-0.2, 0) is 4.74 Å². The first-order chi connectivity index (χ1) is 7.63. The van der Waals surface area contributed by atoms with E-state index in [9.17, 15) is 4.79 Å². The fraction of sp³-hybridized carbons (Fsp3) is 0.500. The predicted octanol–water partition coefficient (Wildman–Crippen LogP) is 1.01. The number of nitrogens with one attached hydrogen (secondary N) is 1. The summed E-state index contributed by atoms with van der Waals surface area (Å²) in [5, 5.41) is 11.7. The van der Waals surface area contributed by atoms with Crippen molar-refractivity contribution < 1.29 is 14.6 Å². The minimum absolute atomic E-state index is 0.0268. The lowest BCUT2D eigenvalue weighted by atomic mass is 10.3. The Morgan fingerprint density at radius 3 is 3.06 bits per heavy atom. The first-order valence-electron chi connectivity index (χ1n) is 5.04. The van der Waals surface area contributed by atoms with E-state index in [4.69, 9.17) is 9.84 Å². The van der Waals surface area contributed by atoms with Crippen molar-refractivity contribution in [3.63, 3.8) is 0 Å². The molecule has 0 aliphatic rings. The lowest BCUT2D eigenvalue weighted by Crippen LogP contribution is -2.23. The van der Waals surface area contributed by atoms with Gasteiger partial charge in [-0.1, -0.05) is 0 Å². The smallest absolute Gasteiger partial charge is 0.354 e. The molecule has 0 aliphatic heterocycles. The van der Waals surface area contributed by atoms with Crippen molar-refractivity contribution in [3.8, 4) is 0 Å². The van der Waals surface area contributed by atoms with Crippen molar-refractivity contribution in [1.82, 2.24) is 9.97 Å². The summed E-state index contributed by atoms with van der Waals surface area (Å²) >= 11 is 0. The number of carboxylic acids is 1. The summed E-state index contributed by atoms with van der Waals surface area (Å²) in [7, 11) is 0. The SMILES string of the molecule is CCOCC(C)Nc1nccc(C(=O)O)n1. The molecule has 2 N–H and O–H groups in total. The van der Waals surface area contributed by atoms with Crippen molar-refractivity contribution in [1.29, 1.82) is 0 Å². The molecule has 0 amide bonds. The van der Waals surface area contributed by atoms with Crippen LogP contribution >= 0.6 is 0 Å². The Labute approximate surface area is 93.7 Å². The fourth-order valence-electron chi connectivity index (χ4n) is 1.10. The lowest BCUT2D eigenvalue weighted by Gasteiger charge is -2.13. The zero-order chi connectivity index (χ0) is 12.0. The van der Waals surface area contributed by atoms with E-state index in [2.05, 4.69) is 15.3 Å². The number of anilines is 1. The largest absolute Gasteiger partial charge is 0.477 e. The molecule has 0 saturated heterocycles. The number of aromatic carboxylic acids is 1. The average Bonchev–Trinajstić information content (AvgIpc) is 2.26. The van der Waals surface area contributed by atoms with E-state index < -0.39 is 5.97 Å². The third-order valence-corrected chi connectivity index (χ3v) is 1.82. The van der Waals surface area contributed by atoms with Crippen molar-refractivity contribution in [2.75, 3.05) is 18.5 Å². The Hall–Kier alpha value is -1.69. The normalized spacial score (nSPS) is 12.1. The van der Waals surface area contributed by atoms with E-state index in [1.807, 2.05) is 13.8 Å². The van der Waals surface area contributed by atoms with Crippen LogP contribution in [0.25, 0.3) is 0 Å². The van der Waals surface area contributed by atoms with Gasteiger partial charge in [0.25, 0.3) is 0 Å². The number of hydrogen-bond donors (Lipinski definition) is 2.